The predicted molar refractivity (Wildman–Crippen MR) is 133 cm³/mol. The molecule has 2 aliphatic rings. The van der Waals surface area contributed by atoms with Gasteiger partial charge in [-0.3, -0.25) is 23.9 Å². The van der Waals surface area contributed by atoms with Crippen LogP contribution in [0.4, 0.5) is 5.82 Å². The molecule has 0 saturated carbocycles. The first-order chi connectivity index (χ1) is 15.8. The lowest BCUT2D eigenvalue weighted by Crippen LogP contribution is -2.36. The average Bonchev–Trinajstić information content (AvgIpc) is 3.05. The highest BCUT2D eigenvalue weighted by Crippen LogP contribution is 2.36. The molecule has 1 aromatic heterocycles. The van der Waals surface area contributed by atoms with Crippen LogP contribution >= 0.6 is 24.0 Å². The van der Waals surface area contributed by atoms with Crippen molar-refractivity contribution in [3.63, 3.8) is 0 Å². The second-order valence-electron chi connectivity index (χ2n) is 8.30. The molecule has 10 heteroatoms. The van der Waals surface area contributed by atoms with E-state index in [-0.39, 0.29) is 23.5 Å². The SMILES string of the molecule is Cc1c(C=C2SC(=S)N(CCCCCC(=O)O)C2=O)c(N2CCCCC2)n(C)c(=O)c1C#N. The van der Waals surface area contributed by atoms with E-state index in [9.17, 15) is 19.6 Å². The Morgan fingerprint density at radius 2 is 1.91 bits per heavy atom. The molecule has 0 radical (unpaired) electrons. The first-order valence-electron chi connectivity index (χ1n) is 11.1. The summed E-state index contributed by atoms with van der Waals surface area (Å²) in [6, 6.07) is 2.03. The Labute approximate surface area is 202 Å². The number of carbonyl (C=O) groups excluding carboxylic acids is 1. The van der Waals surface area contributed by atoms with E-state index in [1.807, 2.05) is 6.07 Å². The van der Waals surface area contributed by atoms with Gasteiger partial charge in [0.1, 0.15) is 21.8 Å². The third-order valence-corrected chi connectivity index (χ3v) is 7.42. The van der Waals surface area contributed by atoms with Crippen molar-refractivity contribution in [3.8, 4) is 6.07 Å². The zero-order valence-corrected chi connectivity index (χ0v) is 20.6. The Hall–Kier alpha value is -2.64. The monoisotopic (exact) mass is 488 g/mol. The molecule has 0 unspecified atom stereocenters. The summed E-state index contributed by atoms with van der Waals surface area (Å²) in [5.41, 5.74) is 1.03. The van der Waals surface area contributed by atoms with Crippen LogP contribution in [0.5, 0.6) is 0 Å². The summed E-state index contributed by atoms with van der Waals surface area (Å²) in [5.74, 6) is -0.285. The average molecular weight is 489 g/mol. The van der Waals surface area contributed by atoms with Crippen molar-refractivity contribution in [2.45, 2.75) is 51.9 Å². The number of hydrogen-bond acceptors (Lipinski definition) is 7. The van der Waals surface area contributed by atoms with Crippen molar-refractivity contribution in [2.75, 3.05) is 24.5 Å². The number of pyridine rings is 1. The summed E-state index contributed by atoms with van der Waals surface area (Å²) in [7, 11) is 1.67. The maximum Gasteiger partial charge on any atom is 0.303 e. The van der Waals surface area contributed by atoms with E-state index in [0.717, 1.165) is 38.2 Å². The number of rotatable bonds is 8. The molecular formula is C23H28N4O4S2. The molecule has 0 aromatic carbocycles. The van der Waals surface area contributed by atoms with Crippen LogP contribution in [-0.2, 0) is 16.6 Å². The standard InChI is InChI=1S/C23H28N4O4S2/c1-15-16(20(26-10-6-4-7-11-26)25(2)21(30)17(15)14-24)13-18-22(31)27(23(32)33-18)12-8-3-5-9-19(28)29/h13H,3-12H2,1-2H3,(H,28,29). The number of thioether (sulfide) groups is 1. The molecular weight excluding hydrogens is 460 g/mol. The third-order valence-electron chi connectivity index (χ3n) is 6.04. The molecule has 0 spiro atoms. The Morgan fingerprint density at radius 1 is 1.21 bits per heavy atom. The van der Waals surface area contributed by atoms with Crippen LogP contribution in [0.15, 0.2) is 9.70 Å². The Morgan fingerprint density at radius 3 is 2.55 bits per heavy atom. The number of unbranched alkanes of at least 4 members (excludes halogenated alkanes) is 2. The summed E-state index contributed by atoms with van der Waals surface area (Å²) < 4.78 is 1.98. The van der Waals surface area contributed by atoms with E-state index in [0.29, 0.717) is 46.2 Å². The first-order valence-corrected chi connectivity index (χ1v) is 12.3. The quantitative estimate of drug-likeness (QED) is 0.337. The number of aromatic nitrogens is 1. The maximum atomic E-state index is 13.1. The summed E-state index contributed by atoms with van der Waals surface area (Å²) in [6.07, 6.45) is 7.01. The van der Waals surface area contributed by atoms with Crippen LogP contribution in [0.1, 0.15) is 61.6 Å². The van der Waals surface area contributed by atoms with Crippen LogP contribution < -0.4 is 10.5 Å². The topological polar surface area (TPSA) is 107 Å². The van der Waals surface area contributed by atoms with Gasteiger partial charge in [0.25, 0.3) is 11.5 Å². The summed E-state index contributed by atoms with van der Waals surface area (Å²) in [5, 5.41) is 18.3. The summed E-state index contributed by atoms with van der Waals surface area (Å²) in [4.78, 5) is 40.8. The largest absolute Gasteiger partial charge is 0.481 e. The molecule has 1 amide bonds. The normalized spacial score (nSPS) is 17.7. The Balaban J connectivity index is 1.92. The van der Waals surface area contributed by atoms with Gasteiger partial charge in [-0.05, 0) is 50.7 Å². The Bertz CT molecular complexity index is 1100. The maximum absolute atomic E-state index is 13.1. The molecule has 0 bridgehead atoms. The van der Waals surface area contributed by atoms with Gasteiger partial charge in [-0.1, -0.05) is 30.4 Å². The van der Waals surface area contributed by atoms with Crippen LogP contribution in [0.25, 0.3) is 6.08 Å². The third kappa shape index (κ3) is 5.47. The van der Waals surface area contributed by atoms with E-state index >= 15 is 0 Å². The number of carboxylic acid groups (broad SMARTS) is 1. The van der Waals surface area contributed by atoms with E-state index in [2.05, 4.69) is 4.90 Å². The van der Waals surface area contributed by atoms with E-state index in [1.54, 1.807) is 24.9 Å². The van der Waals surface area contributed by atoms with Gasteiger partial charge in [-0.25, -0.2) is 0 Å². The molecule has 3 rings (SSSR count). The minimum Gasteiger partial charge on any atom is -0.481 e. The van der Waals surface area contributed by atoms with Gasteiger partial charge in [0.2, 0.25) is 0 Å². The number of hydrogen-bond donors (Lipinski definition) is 1. The molecule has 1 aromatic rings. The molecule has 0 atom stereocenters. The zero-order chi connectivity index (χ0) is 24.1. The number of aliphatic carboxylic acids is 1. The highest BCUT2D eigenvalue weighted by molar-refractivity contribution is 8.26. The molecule has 1 N–H and O–H groups in total. The number of nitrogens with zero attached hydrogens (tertiary/aromatic N) is 4. The number of thiocarbonyl (C=S) groups is 1. The molecule has 33 heavy (non-hydrogen) atoms. The summed E-state index contributed by atoms with van der Waals surface area (Å²) >= 11 is 6.65. The van der Waals surface area contributed by atoms with Gasteiger partial charge >= 0.3 is 5.97 Å². The predicted octanol–water partition coefficient (Wildman–Crippen LogP) is 3.40. The number of carbonyl (C=O) groups is 2. The summed E-state index contributed by atoms with van der Waals surface area (Å²) in [6.45, 7) is 3.83. The number of anilines is 1. The van der Waals surface area contributed by atoms with Gasteiger partial charge in [0.15, 0.2) is 0 Å². The minimum absolute atomic E-state index is 0.0819. The van der Waals surface area contributed by atoms with Gasteiger partial charge in [0, 0.05) is 38.7 Å². The fourth-order valence-electron chi connectivity index (χ4n) is 4.25. The van der Waals surface area contributed by atoms with E-state index in [1.165, 1.54) is 16.3 Å². The van der Waals surface area contributed by atoms with Crippen LogP contribution in [0, 0.1) is 18.3 Å². The van der Waals surface area contributed by atoms with Crippen molar-refractivity contribution in [2.24, 2.45) is 7.05 Å². The van der Waals surface area contributed by atoms with Gasteiger partial charge < -0.3 is 10.0 Å². The number of piperidine rings is 1. The second kappa shape index (κ2) is 11.0. The lowest BCUT2D eigenvalue weighted by Gasteiger charge is -2.32. The number of carboxylic acids is 1. The smallest absolute Gasteiger partial charge is 0.303 e. The fraction of sp³-hybridized carbons (Fsp3) is 0.522. The van der Waals surface area contributed by atoms with Crippen LogP contribution in [-0.4, -0.2) is 50.4 Å². The highest BCUT2D eigenvalue weighted by Gasteiger charge is 2.33. The van der Waals surface area contributed by atoms with E-state index < -0.39 is 5.97 Å². The Kier molecular flexibility index (Phi) is 8.32. The molecule has 8 nitrogen and oxygen atoms in total. The van der Waals surface area contributed by atoms with Crippen molar-refractivity contribution >= 4 is 52.1 Å². The lowest BCUT2D eigenvalue weighted by atomic mass is 10.0. The molecule has 2 aliphatic heterocycles. The molecule has 2 saturated heterocycles. The van der Waals surface area contributed by atoms with Gasteiger partial charge in [0.05, 0.1) is 4.91 Å². The molecule has 0 aliphatic carbocycles. The van der Waals surface area contributed by atoms with Crippen molar-refractivity contribution in [3.05, 3.63) is 31.9 Å². The van der Waals surface area contributed by atoms with E-state index in [4.69, 9.17) is 17.3 Å². The lowest BCUT2D eigenvalue weighted by molar-refractivity contribution is -0.137. The molecule has 3 heterocycles. The molecule has 2 fully saturated rings. The minimum atomic E-state index is -0.822. The molecule has 176 valence electrons. The van der Waals surface area contributed by atoms with Crippen LogP contribution in [0.3, 0.4) is 0 Å². The highest BCUT2D eigenvalue weighted by atomic mass is 32.2. The van der Waals surface area contributed by atoms with Gasteiger partial charge in [-0.2, -0.15) is 5.26 Å². The van der Waals surface area contributed by atoms with Crippen molar-refractivity contribution < 1.29 is 14.7 Å². The number of nitriles is 1. The van der Waals surface area contributed by atoms with Crippen LogP contribution in [0.2, 0.25) is 0 Å². The van der Waals surface area contributed by atoms with Crippen molar-refractivity contribution in [1.29, 1.82) is 5.26 Å². The zero-order valence-electron chi connectivity index (χ0n) is 18.9. The second-order valence-corrected chi connectivity index (χ2v) is 9.97. The van der Waals surface area contributed by atoms with Gasteiger partial charge in [-0.15, -0.1) is 0 Å². The number of amides is 1. The first kappa shape index (κ1) is 25.0. The van der Waals surface area contributed by atoms with Crippen molar-refractivity contribution in [1.82, 2.24) is 9.47 Å². The fourth-order valence-corrected chi connectivity index (χ4v) is 5.54.